The number of pyridine rings is 1. The van der Waals surface area contributed by atoms with E-state index in [2.05, 4.69) is 20.9 Å². The molecular weight excluding hydrogens is 340 g/mol. The van der Waals surface area contributed by atoms with Gasteiger partial charge in [0.2, 0.25) is 5.88 Å². The molecule has 2 heterocycles. The van der Waals surface area contributed by atoms with Crippen molar-refractivity contribution in [3.8, 4) is 5.88 Å². The second-order valence-corrected chi connectivity index (χ2v) is 6.53. The summed E-state index contributed by atoms with van der Waals surface area (Å²) in [6.45, 7) is 3.04. The third-order valence-electron chi connectivity index (χ3n) is 2.66. The van der Waals surface area contributed by atoms with Crippen molar-refractivity contribution in [3.63, 3.8) is 0 Å². The quantitative estimate of drug-likeness (QED) is 0.823. The van der Waals surface area contributed by atoms with Gasteiger partial charge in [-0.1, -0.05) is 0 Å². The highest BCUT2D eigenvalue weighted by Crippen LogP contribution is 2.22. The van der Waals surface area contributed by atoms with Gasteiger partial charge in [0.25, 0.3) is 5.91 Å². The van der Waals surface area contributed by atoms with E-state index >= 15 is 0 Å². The monoisotopic (exact) mass is 354 g/mol. The maximum Gasteiger partial charge on any atom is 0.255 e. The number of nitrogens with zero attached hydrogens (tertiary/aromatic N) is 2. The normalized spacial score (nSPS) is 10.3. The van der Waals surface area contributed by atoms with Crippen LogP contribution in [-0.2, 0) is 6.54 Å². The van der Waals surface area contributed by atoms with E-state index < -0.39 is 0 Å². The first-order chi connectivity index (χ1) is 9.60. The molecule has 0 bridgehead atoms. The van der Waals surface area contributed by atoms with E-state index in [0.717, 1.165) is 9.35 Å². The average Bonchev–Trinajstić information content (AvgIpc) is 2.84. The summed E-state index contributed by atoms with van der Waals surface area (Å²) < 4.78 is 6.33. The van der Waals surface area contributed by atoms with Crippen LogP contribution in [0.5, 0.6) is 5.88 Å². The minimum absolute atomic E-state index is 0.0529. The van der Waals surface area contributed by atoms with Crippen LogP contribution in [0.4, 0.5) is 0 Å². The summed E-state index contributed by atoms with van der Waals surface area (Å²) in [6, 6.07) is 5.47. The highest BCUT2D eigenvalue weighted by Gasteiger charge is 2.13. The minimum atomic E-state index is -0.0529. The lowest BCUT2D eigenvalue weighted by molar-refractivity contribution is 0.0784. The number of ether oxygens (including phenoxy) is 1. The standard InChI is InChI=1S/C14H15BrN2O2S/c1-3-19-13-5-4-11(7-16-13)14(18)17(2)8-10-6-12(15)20-9-10/h4-7,9H,3,8H2,1-2H3. The summed E-state index contributed by atoms with van der Waals surface area (Å²) in [5, 5.41) is 2.03. The van der Waals surface area contributed by atoms with Crippen molar-refractivity contribution in [1.82, 2.24) is 9.88 Å². The summed E-state index contributed by atoms with van der Waals surface area (Å²) in [6.07, 6.45) is 1.55. The van der Waals surface area contributed by atoms with Gasteiger partial charge in [0.1, 0.15) is 0 Å². The predicted molar refractivity (Wildman–Crippen MR) is 83.2 cm³/mol. The van der Waals surface area contributed by atoms with E-state index in [4.69, 9.17) is 4.74 Å². The Balaban J connectivity index is 2.02. The number of thiophene rings is 1. The van der Waals surface area contributed by atoms with E-state index in [9.17, 15) is 4.79 Å². The van der Waals surface area contributed by atoms with E-state index in [1.807, 2.05) is 18.4 Å². The van der Waals surface area contributed by atoms with Crippen LogP contribution in [0.15, 0.2) is 33.6 Å². The Morgan fingerprint density at radius 2 is 2.30 bits per heavy atom. The molecule has 106 valence electrons. The number of amides is 1. The number of carbonyl (C=O) groups is 1. The lowest BCUT2D eigenvalue weighted by Gasteiger charge is -2.16. The van der Waals surface area contributed by atoms with E-state index in [1.165, 1.54) is 0 Å². The number of carbonyl (C=O) groups excluding carboxylic acids is 1. The fraction of sp³-hybridized carbons (Fsp3) is 0.286. The van der Waals surface area contributed by atoms with Crippen molar-refractivity contribution in [2.45, 2.75) is 13.5 Å². The van der Waals surface area contributed by atoms with Gasteiger partial charge in [-0.15, -0.1) is 11.3 Å². The van der Waals surface area contributed by atoms with Gasteiger partial charge in [-0.3, -0.25) is 4.79 Å². The Labute approximate surface area is 130 Å². The SMILES string of the molecule is CCOc1ccc(C(=O)N(C)Cc2csc(Br)c2)cn1. The van der Waals surface area contributed by atoms with Gasteiger partial charge in [0, 0.05) is 25.9 Å². The molecule has 20 heavy (non-hydrogen) atoms. The van der Waals surface area contributed by atoms with Crippen molar-refractivity contribution < 1.29 is 9.53 Å². The van der Waals surface area contributed by atoms with Crippen LogP contribution in [0, 0.1) is 0 Å². The molecule has 0 N–H and O–H groups in total. The second-order valence-electron chi connectivity index (χ2n) is 4.24. The highest BCUT2D eigenvalue weighted by molar-refractivity contribution is 9.11. The molecule has 0 spiro atoms. The zero-order chi connectivity index (χ0) is 14.5. The van der Waals surface area contributed by atoms with Crippen LogP contribution >= 0.6 is 27.3 Å². The molecule has 0 fully saturated rings. The Morgan fingerprint density at radius 3 is 2.85 bits per heavy atom. The van der Waals surface area contributed by atoms with Gasteiger partial charge < -0.3 is 9.64 Å². The number of hydrogen-bond acceptors (Lipinski definition) is 4. The molecule has 0 aromatic carbocycles. The van der Waals surface area contributed by atoms with E-state index in [1.54, 1.807) is 41.6 Å². The summed E-state index contributed by atoms with van der Waals surface area (Å²) in [5.41, 5.74) is 1.67. The summed E-state index contributed by atoms with van der Waals surface area (Å²) in [7, 11) is 1.78. The maximum atomic E-state index is 12.3. The number of rotatable bonds is 5. The largest absolute Gasteiger partial charge is 0.478 e. The van der Waals surface area contributed by atoms with Crippen LogP contribution < -0.4 is 4.74 Å². The highest BCUT2D eigenvalue weighted by atomic mass is 79.9. The van der Waals surface area contributed by atoms with Crippen molar-refractivity contribution in [1.29, 1.82) is 0 Å². The van der Waals surface area contributed by atoms with Crippen molar-refractivity contribution in [2.75, 3.05) is 13.7 Å². The fourth-order valence-corrected chi connectivity index (χ4v) is 2.94. The van der Waals surface area contributed by atoms with Gasteiger partial charge in [0.05, 0.1) is 16.0 Å². The Bertz CT molecular complexity index is 583. The van der Waals surface area contributed by atoms with Crippen LogP contribution in [0.1, 0.15) is 22.8 Å². The summed E-state index contributed by atoms with van der Waals surface area (Å²) in [4.78, 5) is 18.0. The molecule has 0 atom stereocenters. The molecule has 6 heteroatoms. The molecular formula is C14H15BrN2O2S. The van der Waals surface area contributed by atoms with Crippen molar-refractivity contribution >= 4 is 33.2 Å². The van der Waals surface area contributed by atoms with Crippen LogP contribution in [-0.4, -0.2) is 29.4 Å². The Kier molecular flexibility index (Phi) is 5.14. The summed E-state index contributed by atoms with van der Waals surface area (Å²) in [5.74, 6) is 0.483. The molecule has 0 aliphatic heterocycles. The molecule has 2 aromatic rings. The molecule has 2 aromatic heterocycles. The second kappa shape index (κ2) is 6.85. The van der Waals surface area contributed by atoms with Crippen LogP contribution in [0.25, 0.3) is 0 Å². The zero-order valence-electron chi connectivity index (χ0n) is 11.3. The first kappa shape index (κ1) is 15.0. The predicted octanol–water partition coefficient (Wildman–Crippen LogP) is 3.58. The van der Waals surface area contributed by atoms with Crippen molar-refractivity contribution in [3.05, 3.63) is 44.7 Å². The van der Waals surface area contributed by atoms with E-state index in [-0.39, 0.29) is 5.91 Å². The average molecular weight is 355 g/mol. The summed E-state index contributed by atoms with van der Waals surface area (Å²) >= 11 is 5.03. The number of aromatic nitrogens is 1. The first-order valence-electron chi connectivity index (χ1n) is 6.17. The molecule has 0 aliphatic carbocycles. The third kappa shape index (κ3) is 3.80. The number of hydrogen-bond donors (Lipinski definition) is 0. The smallest absolute Gasteiger partial charge is 0.255 e. The molecule has 0 aliphatic rings. The van der Waals surface area contributed by atoms with Crippen LogP contribution in [0.2, 0.25) is 0 Å². The molecule has 0 radical (unpaired) electrons. The molecule has 0 saturated carbocycles. The van der Waals surface area contributed by atoms with E-state index in [0.29, 0.717) is 24.6 Å². The minimum Gasteiger partial charge on any atom is -0.478 e. The van der Waals surface area contributed by atoms with Crippen molar-refractivity contribution in [2.24, 2.45) is 0 Å². The molecule has 4 nitrogen and oxygen atoms in total. The first-order valence-corrected chi connectivity index (χ1v) is 7.84. The van der Waals surface area contributed by atoms with Gasteiger partial charge >= 0.3 is 0 Å². The zero-order valence-corrected chi connectivity index (χ0v) is 13.7. The molecule has 0 saturated heterocycles. The Morgan fingerprint density at radius 1 is 1.50 bits per heavy atom. The molecule has 0 unspecified atom stereocenters. The third-order valence-corrected chi connectivity index (χ3v) is 4.22. The number of halogens is 1. The maximum absolute atomic E-state index is 12.3. The fourth-order valence-electron chi connectivity index (χ4n) is 1.73. The lowest BCUT2D eigenvalue weighted by Crippen LogP contribution is -2.26. The van der Waals surface area contributed by atoms with Gasteiger partial charge in [0.15, 0.2) is 0 Å². The molecule has 1 amide bonds. The van der Waals surface area contributed by atoms with Crippen LogP contribution in [0.3, 0.4) is 0 Å². The van der Waals surface area contributed by atoms with Gasteiger partial charge in [-0.05, 0) is 45.9 Å². The topological polar surface area (TPSA) is 42.4 Å². The molecule has 2 rings (SSSR count). The Hall–Kier alpha value is -1.40. The van der Waals surface area contributed by atoms with Gasteiger partial charge in [-0.2, -0.15) is 0 Å². The lowest BCUT2D eigenvalue weighted by atomic mass is 10.2. The van der Waals surface area contributed by atoms with Gasteiger partial charge in [-0.25, -0.2) is 4.98 Å².